The van der Waals surface area contributed by atoms with Crippen molar-refractivity contribution >= 4 is 27.9 Å². The van der Waals surface area contributed by atoms with Crippen molar-refractivity contribution < 1.29 is 18.3 Å². The predicted molar refractivity (Wildman–Crippen MR) is 76.5 cm³/mol. The first-order chi connectivity index (χ1) is 9.47. The second kappa shape index (κ2) is 6.06. The lowest BCUT2D eigenvalue weighted by molar-refractivity contribution is -0.131. The third-order valence-electron chi connectivity index (χ3n) is 2.96. The number of benzene rings is 1. The van der Waals surface area contributed by atoms with Gasteiger partial charge in [-0.25, -0.2) is 4.79 Å². The molecule has 0 aliphatic carbocycles. The molecule has 7 heteroatoms. The normalized spacial score (nSPS) is 16.6. The molecular formula is C13H16N2O4S. The van der Waals surface area contributed by atoms with Gasteiger partial charge in [-0.2, -0.15) is 12.7 Å². The molecule has 20 heavy (non-hydrogen) atoms. The molecule has 108 valence electrons. The number of rotatable bonds is 5. The summed E-state index contributed by atoms with van der Waals surface area (Å²) in [6.07, 6.45) is 4.18. The van der Waals surface area contributed by atoms with Gasteiger partial charge in [0.05, 0.1) is 5.69 Å². The van der Waals surface area contributed by atoms with E-state index < -0.39 is 16.2 Å². The summed E-state index contributed by atoms with van der Waals surface area (Å²) in [5.74, 6) is -1.05. The molecule has 0 atom stereocenters. The maximum absolute atomic E-state index is 12.1. The van der Waals surface area contributed by atoms with Crippen LogP contribution in [0.25, 0.3) is 6.08 Å². The molecule has 2 N–H and O–H groups in total. The SMILES string of the molecule is O=C(O)/C=C/c1cccc(NS(=O)(=O)N2CCCC2)c1. The maximum atomic E-state index is 12.1. The average Bonchev–Trinajstić information content (AvgIpc) is 2.91. The van der Waals surface area contributed by atoms with E-state index in [9.17, 15) is 13.2 Å². The molecule has 1 aromatic carbocycles. The van der Waals surface area contributed by atoms with Crippen LogP contribution < -0.4 is 4.72 Å². The van der Waals surface area contributed by atoms with Crippen molar-refractivity contribution in [2.75, 3.05) is 17.8 Å². The molecule has 0 aromatic heterocycles. The van der Waals surface area contributed by atoms with Gasteiger partial charge in [0.1, 0.15) is 0 Å². The molecule has 1 saturated heterocycles. The molecule has 1 fully saturated rings. The Morgan fingerprint density at radius 1 is 1.30 bits per heavy atom. The molecule has 1 aliphatic rings. The van der Waals surface area contributed by atoms with Crippen LogP contribution in [0.15, 0.2) is 30.3 Å². The highest BCUT2D eigenvalue weighted by Gasteiger charge is 2.24. The Hall–Kier alpha value is -1.86. The highest BCUT2D eigenvalue weighted by Crippen LogP contribution is 2.18. The zero-order valence-electron chi connectivity index (χ0n) is 10.8. The van der Waals surface area contributed by atoms with Crippen LogP contribution in [0.1, 0.15) is 18.4 Å². The minimum absolute atomic E-state index is 0.421. The molecule has 0 amide bonds. The lowest BCUT2D eigenvalue weighted by Crippen LogP contribution is -2.33. The van der Waals surface area contributed by atoms with E-state index in [-0.39, 0.29) is 0 Å². The molecule has 1 heterocycles. The van der Waals surface area contributed by atoms with Crippen LogP contribution in [0.2, 0.25) is 0 Å². The summed E-state index contributed by atoms with van der Waals surface area (Å²) in [7, 11) is -3.52. The van der Waals surface area contributed by atoms with Gasteiger partial charge in [0.2, 0.25) is 0 Å². The molecule has 0 bridgehead atoms. The zero-order valence-corrected chi connectivity index (χ0v) is 11.6. The Balaban J connectivity index is 2.13. The minimum atomic E-state index is -3.52. The predicted octanol–water partition coefficient (Wildman–Crippen LogP) is 1.54. The van der Waals surface area contributed by atoms with Gasteiger partial charge < -0.3 is 5.11 Å². The quantitative estimate of drug-likeness (QED) is 0.807. The lowest BCUT2D eigenvalue weighted by Gasteiger charge is -2.17. The van der Waals surface area contributed by atoms with Crippen LogP contribution in [0.4, 0.5) is 5.69 Å². The van der Waals surface area contributed by atoms with Gasteiger partial charge in [-0.3, -0.25) is 4.72 Å². The Morgan fingerprint density at radius 2 is 2.00 bits per heavy atom. The summed E-state index contributed by atoms with van der Waals surface area (Å²) in [6, 6.07) is 6.59. The smallest absolute Gasteiger partial charge is 0.328 e. The number of nitrogens with zero attached hydrogens (tertiary/aromatic N) is 1. The largest absolute Gasteiger partial charge is 0.478 e. The van der Waals surface area contributed by atoms with E-state index in [0.717, 1.165) is 18.9 Å². The van der Waals surface area contributed by atoms with Crippen LogP contribution in [0.5, 0.6) is 0 Å². The molecule has 1 aromatic rings. The fraction of sp³-hybridized carbons (Fsp3) is 0.308. The standard InChI is InChI=1S/C13H16N2O4S/c16-13(17)7-6-11-4-3-5-12(10-11)14-20(18,19)15-8-1-2-9-15/h3-7,10,14H,1-2,8-9H2,(H,16,17)/b7-6+. The number of aliphatic carboxylic acids is 1. The summed E-state index contributed by atoms with van der Waals surface area (Å²) in [4.78, 5) is 10.5. The first-order valence-corrected chi connectivity index (χ1v) is 7.70. The van der Waals surface area contributed by atoms with Crippen LogP contribution in [0.3, 0.4) is 0 Å². The lowest BCUT2D eigenvalue weighted by atomic mass is 10.2. The molecule has 0 spiro atoms. The van der Waals surface area contributed by atoms with Crippen LogP contribution in [-0.2, 0) is 15.0 Å². The molecule has 1 aliphatic heterocycles. The molecule has 6 nitrogen and oxygen atoms in total. The van der Waals surface area contributed by atoms with Crippen LogP contribution >= 0.6 is 0 Å². The number of nitrogens with one attached hydrogen (secondary N) is 1. The van der Waals surface area contributed by atoms with E-state index in [1.807, 2.05) is 0 Å². The first-order valence-electron chi connectivity index (χ1n) is 6.26. The van der Waals surface area contributed by atoms with Crippen molar-refractivity contribution in [3.8, 4) is 0 Å². The van der Waals surface area contributed by atoms with Crippen molar-refractivity contribution in [1.82, 2.24) is 4.31 Å². The van der Waals surface area contributed by atoms with Gasteiger partial charge in [-0.15, -0.1) is 0 Å². The van der Waals surface area contributed by atoms with Crippen molar-refractivity contribution in [3.63, 3.8) is 0 Å². The van der Waals surface area contributed by atoms with Crippen molar-refractivity contribution in [1.29, 1.82) is 0 Å². The van der Waals surface area contributed by atoms with Gasteiger partial charge in [-0.05, 0) is 36.6 Å². The fourth-order valence-electron chi connectivity index (χ4n) is 2.02. The number of carboxylic acid groups (broad SMARTS) is 1. The average molecular weight is 296 g/mol. The molecule has 2 rings (SSSR count). The Labute approximate surface area is 117 Å². The first kappa shape index (κ1) is 14.5. The Bertz CT molecular complexity index is 619. The number of anilines is 1. The number of carbonyl (C=O) groups is 1. The third-order valence-corrected chi connectivity index (χ3v) is 4.50. The van der Waals surface area contributed by atoms with Crippen molar-refractivity contribution in [3.05, 3.63) is 35.9 Å². The fourth-order valence-corrected chi connectivity index (χ4v) is 3.31. The number of carboxylic acids is 1. The number of hydrogen-bond donors (Lipinski definition) is 2. The topological polar surface area (TPSA) is 86.7 Å². The van der Waals surface area contributed by atoms with E-state index in [1.54, 1.807) is 24.3 Å². The molecular weight excluding hydrogens is 280 g/mol. The van der Waals surface area contributed by atoms with Gasteiger partial charge in [-0.1, -0.05) is 12.1 Å². The van der Waals surface area contributed by atoms with Crippen LogP contribution in [-0.4, -0.2) is 36.9 Å². The molecule has 0 unspecified atom stereocenters. The zero-order chi connectivity index (χ0) is 14.6. The second-order valence-electron chi connectivity index (χ2n) is 4.51. The Kier molecular flexibility index (Phi) is 4.41. The highest BCUT2D eigenvalue weighted by molar-refractivity contribution is 7.90. The minimum Gasteiger partial charge on any atom is -0.478 e. The van der Waals surface area contributed by atoms with Gasteiger partial charge >= 0.3 is 16.2 Å². The summed E-state index contributed by atoms with van der Waals surface area (Å²) in [6.45, 7) is 1.07. The van der Waals surface area contributed by atoms with Gasteiger partial charge in [0, 0.05) is 19.2 Å². The van der Waals surface area contributed by atoms with E-state index in [1.165, 1.54) is 10.4 Å². The summed E-state index contributed by atoms with van der Waals surface area (Å²) >= 11 is 0. The molecule has 0 radical (unpaired) electrons. The third kappa shape index (κ3) is 3.82. The van der Waals surface area contributed by atoms with E-state index >= 15 is 0 Å². The van der Waals surface area contributed by atoms with E-state index in [2.05, 4.69) is 4.72 Å². The maximum Gasteiger partial charge on any atom is 0.328 e. The summed E-state index contributed by atoms with van der Waals surface area (Å²) < 4.78 is 28.1. The van der Waals surface area contributed by atoms with Crippen molar-refractivity contribution in [2.24, 2.45) is 0 Å². The molecule has 0 saturated carbocycles. The Morgan fingerprint density at radius 3 is 2.65 bits per heavy atom. The van der Waals surface area contributed by atoms with Crippen molar-refractivity contribution in [2.45, 2.75) is 12.8 Å². The van der Waals surface area contributed by atoms with Crippen LogP contribution in [0, 0.1) is 0 Å². The van der Waals surface area contributed by atoms with Gasteiger partial charge in [0.15, 0.2) is 0 Å². The number of hydrogen-bond acceptors (Lipinski definition) is 3. The monoisotopic (exact) mass is 296 g/mol. The summed E-state index contributed by atoms with van der Waals surface area (Å²) in [5, 5.41) is 8.57. The second-order valence-corrected chi connectivity index (χ2v) is 6.18. The van der Waals surface area contributed by atoms with Gasteiger partial charge in [0.25, 0.3) is 0 Å². The summed E-state index contributed by atoms with van der Waals surface area (Å²) in [5.41, 5.74) is 1.04. The van der Waals surface area contributed by atoms with E-state index in [0.29, 0.717) is 24.3 Å². The highest BCUT2D eigenvalue weighted by atomic mass is 32.2. The van der Waals surface area contributed by atoms with E-state index in [4.69, 9.17) is 5.11 Å².